The number of rotatable bonds is 4. The van der Waals surface area contributed by atoms with Crippen LogP contribution in [0, 0.1) is 0 Å². The zero-order valence-electron chi connectivity index (χ0n) is 9.99. The van der Waals surface area contributed by atoms with Crippen molar-refractivity contribution in [2.75, 3.05) is 19.3 Å². The van der Waals surface area contributed by atoms with E-state index in [2.05, 4.69) is 48.1 Å². The first-order valence-electron chi connectivity index (χ1n) is 5.90. The van der Waals surface area contributed by atoms with E-state index in [1.54, 1.807) is 11.8 Å². The summed E-state index contributed by atoms with van der Waals surface area (Å²) in [7, 11) is 0. The van der Waals surface area contributed by atoms with Crippen molar-refractivity contribution in [2.45, 2.75) is 30.3 Å². The summed E-state index contributed by atoms with van der Waals surface area (Å²) in [6.45, 7) is 4.50. The molecule has 0 aliphatic carbocycles. The van der Waals surface area contributed by atoms with E-state index < -0.39 is 0 Å². The zero-order chi connectivity index (χ0) is 11.4. The van der Waals surface area contributed by atoms with Gasteiger partial charge in [0.25, 0.3) is 0 Å². The summed E-state index contributed by atoms with van der Waals surface area (Å²) in [5.74, 6) is 0. The smallest absolute Gasteiger partial charge is 0.0294 e. The van der Waals surface area contributed by atoms with E-state index in [-0.39, 0.29) is 0 Å². The van der Waals surface area contributed by atoms with Crippen LogP contribution < -0.4 is 10.6 Å². The number of thioether (sulfide) groups is 1. The third kappa shape index (κ3) is 3.00. The van der Waals surface area contributed by atoms with Crippen molar-refractivity contribution in [1.82, 2.24) is 10.6 Å². The largest absolute Gasteiger partial charge is 0.315 e. The molecule has 1 saturated heterocycles. The molecule has 16 heavy (non-hydrogen) atoms. The molecule has 1 aliphatic rings. The molecule has 1 heterocycles. The lowest BCUT2D eigenvalue weighted by molar-refractivity contribution is 0.478. The predicted molar refractivity (Wildman–Crippen MR) is 71.0 cm³/mol. The van der Waals surface area contributed by atoms with Crippen molar-refractivity contribution in [3.63, 3.8) is 0 Å². The molecule has 1 aromatic carbocycles. The van der Waals surface area contributed by atoms with Gasteiger partial charge >= 0.3 is 0 Å². The molecule has 1 fully saturated rings. The average Bonchev–Trinajstić information content (AvgIpc) is 2.82. The minimum atomic E-state index is 0.445. The highest BCUT2D eigenvalue weighted by Crippen LogP contribution is 2.19. The fraction of sp³-hybridized carbons (Fsp3) is 0.538. The van der Waals surface area contributed by atoms with Crippen molar-refractivity contribution in [2.24, 2.45) is 0 Å². The maximum atomic E-state index is 3.66. The van der Waals surface area contributed by atoms with Crippen molar-refractivity contribution in [1.29, 1.82) is 0 Å². The highest BCUT2D eigenvalue weighted by Gasteiger charge is 2.16. The summed E-state index contributed by atoms with van der Waals surface area (Å²) in [5, 5.41) is 7.04. The van der Waals surface area contributed by atoms with Crippen LogP contribution in [0.1, 0.15) is 24.9 Å². The van der Waals surface area contributed by atoms with Crippen LogP contribution in [0.25, 0.3) is 0 Å². The lowest BCUT2D eigenvalue weighted by atomic mass is 10.1. The third-order valence-electron chi connectivity index (χ3n) is 3.16. The van der Waals surface area contributed by atoms with Gasteiger partial charge in [0.15, 0.2) is 0 Å². The SMILES string of the molecule is CSc1ccc(C(C)NC2CCNC2)cc1. The van der Waals surface area contributed by atoms with Crippen LogP contribution in [0.2, 0.25) is 0 Å². The van der Waals surface area contributed by atoms with Crippen LogP contribution in [0.5, 0.6) is 0 Å². The van der Waals surface area contributed by atoms with E-state index in [9.17, 15) is 0 Å². The summed E-state index contributed by atoms with van der Waals surface area (Å²) in [6, 6.07) is 9.93. The first-order valence-corrected chi connectivity index (χ1v) is 7.13. The number of hydrogen-bond donors (Lipinski definition) is 2. The normalized spacial score (nSPS) is 22.2. The minimum absolute atomic E-state index is 0.445. The van der Waals surface area contributed by atoms with Crippen molar-refractivity contribution < 1.29 is 0 Å². The highest BCUT2D eigenvalue weighted by atomic mass is 32.2. The molecule has 1 aromatic rings. The fourth-order valence-corrected chi connectivity index (χ4v) is 2.55. The number of nitrogens with one attached hydrogen (secondary N) is 2. The molecule has 0 radical (unpaired) electrons. The summed E-state index contributed by atoms with van der Waals surface area (Å²) < 4.78 is 0. The minimum Gasteiger partial charge on any atom is -0.315 e. The van der Waals surface area contributed by atoms with Crippen LogP contribution >= 0.6 is 11.8 Å². The molecule has 2 unspecified atom stereocenters. The lowest BCUT2D eigenvalue weighted by Crippen LogP contribution is -2.33. The Hall–Kier alpha value is -0.510. The monoisotopic (exact) mass is 236 g/mol. The van der Waals surface area contributed by atoms with E-state index in [4.69, 9.17) is 0 Å². The Bertz CT molecular complexity index is 317. The second-order valence-corrected chi connectivity index (χ2v) is 5.23. The Balaban J connectivity index is 1.94. The van der Waals surface area contributed by atoms with Gasteiger partial charge in [-0.25, -0.2) is 0 Å². The molecule has 2 rings (SSSR count). The molecular weight excluding hydrogens is 216 g/mol. The van der Waals surface area contributed by atoms with Crippen LogP contribution in [-0.4, -0.2) is 25.4 Å². The molecule has 3 heteroatoms. The maximum Gasteiger partial charge on any atom is 0.0294 e. The van der Waals surface area contributed by atoms with Crippen molar-refractivity contribution in [3.8, 4) is 0 Å². The molecule has 1 aliphatic heterocycles. The molecule has 0 aromatic heterocycles. The quantitative estimate of drug-likeness (QED) is 0.785. The first kappa shape index (κ1) is 12.0. The molecule has 0 spiro atoms. The van der Waals surface area contributed by atoms with Gasteiger partial charge < -0.3 is 10.6 Å². The second kappa shape index (κ2) is 5.71. The van der Waals surface area contributed by atoms with Gasteiger partial charge in [-0.3, -0.25) is 0 Å². The number of hydrogen-bond acceptors (Lipinski definition) is 3. The Morgan fingerprint density at radius 1 is 1.38 bits per heavy atom. The van der Waals surface area contributed by atoms with E-state index in [0.29, 0.717) is 12.1 Å². The molecular formula is C13H20N2S. The lowest BCUT2D eigenvalue weighted by Gasteiger charge is -2.19. The Morgan fingerprint density at radius 2 is 2.12 bits per heavy atom. The fourth-order valence-electron chi connectivity index (χ4n) is 2.14. The van der Waals surface area contributed by atoms with Crippen molar-refractivity contribution >= 4 is 11.8 Å². The highest BCUT2D eigenvalue weighted by molar-refractivity contribution is 7.98. The topological polar surface area (TPSA) is 24.1 Å². The molecule has 0 amide bonds. The molecule has 2 nitrogen and oxygen atoms in total. The molecule has 88 valence electrons. The van der Waals surface area contributed by atoms with Crippen LogP contribution in [0.15, 0.2) is 29.2 Å². The summed E-state index contributed by atoms with van der Waals surface area (Å²) in [5.41, 5.74) is 1.38. The van der Waals surface area contributed by atoms with Gasteiger partial charge in [0.05, 0.1) is 0 Å². The molecule has 2 N–H and O–H groups in total. The van der Waals surface area contributed by atoms with Gasteiger partial charge in [-0.2, -0.15) is 0 Å². The van der Waals surface area contributed by atoms with Gasteiger partial charge in [-0.05, 0) is 43.8 Å². The average molecular weight is 236 g/mol. The molecule has 2 atom stereocenters. The molecule has 0 saturated carbocycles. The van der Waals surface area contributed by atoms with Gasteiger partial charge in [-0.1, -0.05) is 12.1 Å². The van der Waals surface area contributed by atoms with Crippen LogP contribution in [-0.2, 0) is 0 Å². The first-order chi connectivity index (χ1) is 7.79. The summed E-state index contributed by atoms with van der Waals surface area (Å²) in [4.78, 5) is 1.33. The Labute approximate surface area is 102 Å². The van der Waals surface area contributed by atoms with Gasteiger partial charge in [0, 0.05) is 23.5 Å². The third-order valence-corrected chi connectivity index (χ3v) is 3.91. The van der Waals surface area contributed by atoms with Crippen molar-refractivity contribution in [3.05, 3.63) is 29.8 Å². The second-order valence-electron chi connectivity index (χ2n) is 4.35. The van der Waals surface area contributed by atoms with E-state index in [1.807, 2.05) is 0 Å². The van der Waals surface area contributed by atoms with E-state index >= 15 is 0 Å². The number of benzene rings is 1. The summed E-state index contributed by atoms with van der Waals surface area (Å²) >= 11 is 1.79. The molecule has 0 bridgehead atoms. The van der Waals surface area contributed by atoms with E-state index in [1.165, 1.54) is 16.9 Å². The van der Waals surface area contributed by atoms with Gasteiger partial charge in [0.1, 0.15) is 0 Å². The summed E-state index contributed by atoms with van der Waals surface area (Å²) in [6.07, 6.45) is 3.36. The van der Waals surface area contributed by atoms with Crippen LogP contribution in [0.3, 0.4) is 0 Å². The Morgan fingerprint density at radius 3 is 2.69 bits per heavy atom. The van der Waals surface area contributed by atoms with Crippen LogP contribution in [0.4, 0.5) is 0 Å². The van der Waals surface area contributed by atoms with E-state index in [0.717, 1.165) is 13.1 Å². The Kier molecular flexibility index (Phi) is 4.27. The van der Waals surface area contributed by atoms with Gasteiger partial charge in [0.2, 0.25) is 0 Å². The van der Waals surface area contributed by atoms with Gasteiger partial charge in [-0.15, -0.1) is 11.8 Å². The predicted octanol–water partition coefficient (Wildman–Crippen LogP) is 2.42. The zero-order valence-corrected chi connectivity index (χ0v) is 10.8. The maximum absolute atomic E-state index is 3.66. The standard InChI is InChI=1S/C13H20N2S/c1-10(15-12-7-8-14-9-12)11-3-5-13(16-2)6-4-11/h3-6,10,12,14-15H,7-9H2,1-2H3.